The molecule has 1 rings (SSSR count). The van der Waals surface area contributed by atoms with Crippen LogP contribution in [0.15, 0.2) is 0 Å². The number of rotatable bonds is 6. The van der Waals surface area contributed by atoms with Gasteiger partial charge in [-0.2, -0.15) is 0 Å². The molecule has 1 aliphatic heterocycles. The summed E-state index contributed by atoms with van der Waals surface area (Å²) in [5.74, 6) is 0.630. The van der Waals surface area contributed by atoms with Gasteiger partial charge in [0.2, 0.25) is 5.91 Å². The van der Waals surface area contributed by atoms with E-state index in [4.69, 9.17) is 5.11 Å². The lowest BCUT2D eigenvalue weighted by atomic mass is 10.2. The topological polar surface area (TPSA) is 61.4 Å². The molecule has 0 saturated carbocycles. The van der Waals surface area contributed by atoms with Crippen molar-refractivity contribution in [3.63, 3.8) is 0 Å². The van der Waals surface area contributed by atoms with E-state index in [2.05, 4.69) is 10.6 Å². The van der Waals surface area contributed by atoms with Gasteiger partial charge >= 0.3 is 0 Å². The van der Waals surface area contributed by atoms with Crippen LogP contribution in [0.2, 0.25) is 0 Å². The lowest BCUT2D eigenvalue weighted by Crippen LogP contribution is -2.35. The smallest absolute Gasteiger partial charge is 0.230 e. The SMILES string of the molecule is CC(CCO)NC(=O)CSC1CCNCC1. The maximum atomic E-state index is 11.5. The molecule has 16 heavy (non-hydrogen) atoms. The van der Waals surface area contributed by atoms with Crippen molar-refractivity contribution < 1.29 is 9.90 Å². The Morgan fingerprint density at radius 1 is 1.56 bits per heavy atom. The number of carbonyl (C=O) groups is 1. The van der Waals surface area contributed by atoms with Crippen LogP contribution in [-0.4, -0.2) is 47.8 Å². The first-order valence-corrected chi connectivity index (χ1v) is 6.99. The van der Waals surface area contributed by atoms with Gasteiger partial charge in [0, 0.05) is 17.9 Å². The predicted molar refractivity (Wildman–Crippen MR) is 67.7 cm³/mol. The minimum atomic E-state index is 0.0751. The van der Waals surface area contributed by atoms with Crippen molar-refractivity contribution >= 4 is 17.7 Å². The van der Waals surface area contributed by atoms with Gasteiger partial charge in [0.15, 0.2) is 0 Å². The second kappa shape index (κ2) is 7.92. The molecule has 0 aromatic heterocycles. The highest BCUT2D eigenvalue weighted by Crippen LogP contribution is 2.19. The van der Waals surface area contributed by atoms with E-state index < -0.39 is 0 Å². The van der Waals surface area contributed by atoms with Crippen LogP contribution in [0.3, 0.4) is 0 Å². The standard InChI is InChI=1S/C11H22N2O2S/c1-9(4-7-14)13-11(15)8-16-10-2-5-12-6-3-10/h9-10,12,14H,2-8H2,1H3,(H,13,15). The van der Waals surface area contributed by atoms with Crippen molar-refractivity contribution in [1.29, 1.82) is 0 Å². The lowest BCUT2D eigenvalue weighted by Gasteiger charge is -2.22. The number of hydrogen-bond acceptors (Lipinski definition) is 4. The van der Waals surface area contributed by atoms with Gasteiger partial charge in [0.1, 0.15) is 0 Å². The Kier molecular flexibility index (Phi) is 6.84. The van der Waals surface area contributed by atoms with Crippen LogP contribution in [0.1, 0.15) is 26.2 Å². The van der Waals surface area contributed by atoms with Crippen molar-refractivity contribution in [2.24, 2.45) is 0 Å². The Balaban J connectivity index is 2.09. The van der Waals surface area contributed by atoms with Gasteiger partial charge in [-0.15, -0.1) is 11.8 Å². The Labute approximate surface area is 102 Å². The summed E-state index contributed by atoms with van der Waals surface area (Å²) in [6, 6.07) is 0.0751. The summed E-state index contributed by atoms with van der Waals surface area (Å²) in [4.78, 5) is 11.5. The van der Waals surface area contributed by atoms with Crippen LogP contribution in [0, 0.1) is 0 Å². The van der Waals surface area contributed by atoms with E-state index in [1.54, 1.807) is 11.8 Å². The van der Waals surface area contributed by atoms with Crippen LogP contribution >= 0.6 is 11.8 Å². The van der Waals surface area contributed by atoms with Gasteiger partial charge in [-0.3, -0.25) is 4.79 Å². The second-order valence-corrected chi connectivity index (χ2v) is 5.53. The van der Waals surface area contributed by atoms with Crippen LogP contribution in [0.25, 0.3) is 0 Å². The Hall–Kier alpha value is -0.260. The third kappa shape index (κ3) is 5.72. The summed E-state index contributed by atoms with van der Waals surface area (Å²) in [7, 11) is 0. The molecular weight excluding hydrogens is 224 g/mol. The maximum Gasteiger partial charge on any atom is 0.230 e. The lowest BCUT2D eigenvalue weighted by molar-refractivity contribution is -0.119. The molecule has 3 N–H and O–H groups in total. The number of aliphatic hydroxyl groups is 1. The molecule has 1 heterocycles. The van der Waals surface area contributed by atoms with Crippen molar-refractivity contribution in [1.82, 2.24) is 10.6 Å². The summed E-state index contributed by atoms with van der Waals surface area (Å²) in [5.41, 5.74) is 0. The van der Waals surface area contributed by atoms with Crippen molar-refractivity contribution in [3.8, 4) is 0 Å². The van der Waals surface area contributed by atoms with E-state index in [0.29, 0.717) is 17.4 Å². The summed E-state index contributed by atoms with van der Waals surface area (Å²) in [5, 5.41) is 15.5. The summed E-state index contributed by atoms with van der Waals surface area (Å²) in [6.07, 6.45) is 2.94. The minimum absolute atomic E-state index is 0.0751. The molecule has 1 amide bonds. The van der Waals surface area contributed by atoms with Crippen molar-refractivity contribution in [2.45, 2.75) is 37.5 Å². The molecule has 1 fully saturated rings. The molecule has 0 radical (unpaired) electrons. The monoisotopic (exact) mass is 246 g/mol. The first-order valence-electron chi connectivity index (χ1n) is 5.95. The van der Waals surface area contributed by atoms with E-state index >= 15 is 0 Å². The number of amides is 1. The van der Waals surface area contributed by atoms with E-state index in [1.165, 1.54) is 0 Å². The number of nitrogens with one attached hydrogen (secondary N) is 2. The number of aliphatic hydroxyl groups excluding tert-OH is 1. The molecule has 4 nitrogen and oxygen atoms in total. The molecule has 0 aliphatic carbocycles. The number of hydrogen-bond donors (Lipinski definition) is 3. The maximum absolute atomic E-state index is 11.5. The largest absolute Gasteiger partial charge is 0.396 e. The van der Waals surface area contributed by atoms with Gasteiger partial charge in [-0.1, -0.05) is 0 Å². The predicted octanol–water partition coefficient (Wildman–Crippen LogP) is 0.359. The zero-order valence-electron chi connectivity index (χ0n) is 9.87. The fourth-order valence-corrected chi connectivity index (χ4v) is 2.78. The number of thioether (sulfide) groups is 1. The van der Waals surface area contributed by atoms with Gasteiger partial charge in [0.05, 0.1) is 5.75 Å². The van der Waals surface area contributed by atoms with Gasteiger partial charge < -0.3 is 15.7 Å². The van der Waals surface area contributed by atoms with Gasteiger partial charge in [0.25, 0.3) is 0 Å². The van der Waals surface area contributed by atoms with Crippen molar-refractivity contribution in [3.05, 3.63) is 0 Å². The molecule has 0 aromatic carbocycles. The second-order valence-electron chi connectivity index (χ2n) is 4.24. The summed E-state index contributed by atoms with van der Waals surface area (Å²) < 4.78 is 0. The quantitative estimate of drug-likeness (QED) is 0.633. The van der Waals surface area contributed by atoms with Gasteiger partial charge in [-0.05, 0) is 39.3 Å². The first kappa shape index (κ1) is 13.8. The molecular formula is C11H22N2O2S. The normalized spacial score (nSPS) is 19.4. The molecule has 0 bridgehead atoms. The van der Waals surface area contributed by atoms with Crippen LogP contribution in [0.5, 0.6) is 0 Å². The average molecular weight is 246 g/mol. The zero-order valence-corrected chi connectivity index (χ0v) is 10.7. The first-order chi connectivity index (χ1) is 7.72. The minimum Gasteiger partial charge on any atom is -0.396 e. The Morgan fingerprint density at radius 2 is 2.25 bits per heavy atom. The molecule has 0 spiro atoms. The van der Waals surface area contributed by atoms with Crippen LogP contribution < -0.4 is 10.6 Å². The fourth-order valence-electron chi connectivity index (χ4n) is 1.74. The highest BCUT2D eigenvalue weighted by Gasteiger charge is 2.15. The molecule has 1 aliphatic rings. The summed E-state index contributed by atoms with van der Waals surface area (Å²) in [6.45, 7) is 4.19. The van der Waals surface area contributed by atoms with Crippen LogP contribution in [-0.2, 0) is 4.79 Å². The molecule has 0 aromatic rings. The fraction of sp³-hybridized carbons (Fsp3) is 0.909. The van der Waals surface area contributed by atoms with E-state index in [0.717, 1.165) is 25.9 Å². The molecule has 1 saturated heterocycles. The molecule has 5 heteroatoms. The number of piperidine rings is 1. The van der Waals surface area contributed by atoms with E-state index in [-0.39, 0.29) is 18.6 Å². The van der Waals surface area contributed by atoms with Gasteiger partial charge in [-0.25, -0.2) is 0 Å². The number of carbonyl (C=O) groups excluding carboxylic acids is 1. The Morgan fingerprint density at radius 3 is 2.88 bits per heavy atom. The highest BCUT2D eigenvalue weighted by atomic mass is 32.2. The zero-order chi connectivity index (χ0) is 11.8. The molecule has 94 valence electrons. The van der Waals surface area contributed by atoms with E-state index in [9.17, 15) is 4.79 Å². The average Bonchev–Trinajstić information content (AvgIpc) is 2.28. The third-order valence-electron chi connectivity index (χ3n) is 2.71. The molecule has 1 atom stereocenters. The van der Waals surface area contributed by atoms with E-state index in [1.807, 2.05) is 6.92 Å². The molecule has 1 unspecified atom stereocenters. The van der Waals surface area contributed by atoms with Crippen molar-refractivity contribution in [2.75, 3.05) is 25.4 Å². The highest BCUT2D eigenvalue weighted by molar-refractivity contribution is 8.00. The summed E-state index contributed by atoms with van der Waals surface area (Å²) >= 11 is 1.75. The Bertz CT molecular complexity index is 208. The van der Waals surface area contributed by atoms with Crippen LogP contribution in [0.4, 0.5) is 0 Å². The third-order valence-corrected chi connectivity index (χ3v) is 4.08.